The Morgan fingerprint density at radius 3 is 2.50 bits per heavy atom. The molecule has 1 fully saturated rings. The molecule has 0 unspecified atom stereocenters. The quantitative estimate of drug-likeness (QED) is 0.445. The molecule has 0 aliphatic carbocycles. The van der Waals surface area contributed by atoms with E-state index in [2.05, 4.69) is 0 Å². The zero-order valence-electron chi connectivity index (χ0n) is 4.79. The van der Waals surface area contributed by atoms with Crippen molar-refractivity contribution in [3.63, 3.8) is 0 Å². The van der Waals surface area contributed by atoms with Crippen molar-refractivity contribution in [2.45, 2.75) is 13.0 Å². The number of aliphatic carboxylic acids is 1. The molecule has 1 rings (SSSR count). The van der Waals surface area contributed by atoms with E-state index in [1.54, 1.807) is 0 Å². The van der Waals surface area contributed by atoms with Crippen molar-refractivity contribution in [3.05, 3.63) is 0 Å². The number of carboxylic acid groups (broad SMARTS) is 1. The first-order valence-electron chi connectivity index (χ1n) is 2.78. The van der Waals surface area contributed by atoms with E-state index in [-0.39, 0.29) is 6.04 Å². The average Bonchev–Trinajstić information content (AvgIpc) is 1.61. The first kappa shape index (κ1) is 5.56. The van der Waals surface area contributed by atoms with Crippen LogP contribution in [0.4, 0.5) is 0 Å². The molecular formula is C5H10NO2+. The summed E-state index contributed by atoms with van der Waals surface area (Å²) in [6.07, 6.45) is 0. The molecule has 0 radical (unpaired) electrons. The van der Waals surface area contributed by atoms with Crippen molar-refractivity contribution < 1.29 is 15.2 Å². The number of quaternary nitrogens is 1. The van der Waals surface area contributed by atoms with Crippen LogP contribution in [0.25, 0.3) is 0 Å². The smallest absolute Gasteiger partial charge is 0.362 e. The summed E-state index contributed by atoms with van der Waals surface area (Å²) in [4.78, 5) is 10.2. The van der Waals surface area contributed by atoms with E-state index in [1.165, 1.54) is 0 Å². The lowest BCUT2D eigenvalue weighted by atomic mass is 9.94. The Hall–Kier alpha value is -0.570. The van der Waals surface area contributed by atoms with E-state index in [4.69, 9.17) is 5.11 Å². The van der Waals surface area contributed by atoms with Crippen LogP contribution in [-0.2, 0) is 4.79 Å². The zero-order valence-corrected chi connectivity index (χ0v) is 4.79. The molecular weight excluding hydrogens is 106 g/mol. The predicted molar refractivity (Wildman–Crippen MR) is 27.4 cm³/mol. The summed E-state index contributed by atoms with van der Waals surface area (Å²) in [6, 6.07) is -0.157. The monoisotopic (exact) mass is 116 g/mol. The third kappa shape index (κ3) is 0.690. The Kier molecular flexibility index (Phi) is 1.21. The zero-order chi connectivity index (χ0) is 6.15. The number of hydrogen-bond donors (Lipinski definition) is 2. The van der Waals surface area contributed by atoms with Crippen LogP contribution in [0.5, 0.6) is 0 Å². The predicted octanol–water partition coefficient (Wildman–Crippen LogP) is -1.35. The van der Waals surface area contributed by atoms with E-state index in [0.29, 0.717) is 5.92 Å². The molecule has 1 saturated heterocycles. The highest BCUT2D eigenvalue weighted by atomic mass is 16.4. The lowest BCUT2D eigenvalue weighted by Gasteiger charge is -2.26. The maximum Gasteiger partial charge on any atom is 0.362 e. The van der Waals surface area contributed by atoms with Crippen LogP contribution in [0.2, 0.25) is 0 Å². The van der Waals surface area contributed by atoms with Gasteiger partial charge in [0.2, 0.25) is 0 Å². The fourth-order valence-corrected chi connectivity index (χ4v) is 0.889. The Labute approximate surface area is 47.7 Å². The molecule has 0 aromatic rings. The molecule has 1 aliphatic rings. The minimum atomic E-state index is -0.677. The van der Waals surface area contributed by atoms with E-state index in [9.17, 15) is 4.79 Å². The first-order chi connectivity index (χ1) is 3.72. The van der Waals surface area contributed by atoms with Crippen molar-refractivity contribution in [3.8, 4) is 0 Å². The molecule has 3 nitrogen and oxygen atoms in total. The van der Waals surface area contributed by atoms with Crippen LogP contribution >= 0.6 is 0 Å². The van der Waals surface area contributed by atoms with Gasteiger partial charge in [0.05, 0.1) is 12.5 Å². The molecule has 0 aromatic carbocycles. The van der Waals surface area contributed by atoms with Gasteiger partial charge in [-0.15, -0.1) is 0 Å². The number of carbonyl (C=O) groups is 1. The fraction of sp³-hybridized carbons (Fsp3) is 0.800. The van der Waals surface area contributed by atoms with Crippen LogP contribution < -0.4 is 5.32 Å². The minimum Gasteiger partial charge on any atom is -0.477 e. The highest BCUT2D eigenvalue weighted by Crippen LogP contribution is 2.02. The van der Waals surface area contributed by atoms with Gasteiger partial charge in [0, 0.05) is 0 Å². The molecule has 0 bridgehead atoms. The fourth-order valence-electron chi connectivity index (χ4n) is 0.889. The number of carboxylic acids is 1. The van der Waals surface area contributed by atoms with Gasteiger partial charge in [-0.3, -0.25) is 0 Å². The molecule has 3 N–H and O–H groups in total. The Balaban J connectivity index is 2.37. The van der Waals surface area contributed by atoms with Gasteiger partial charge in [-0.05, 0) is 0 Å². The summed E-state index contributed by atoms with van der Waals surface area (Å²) in [6.45, 7) is 2.93. The summed E-state index contributed by atoms with van der Waals surface area (Å²) >= 11 is 0. The number of rotatable bonds is 1. The molecule has 1 heterocycles. The van der Waals surface area contributed by atoms with Gasteiger partial charge in [0.1, 0.15) is 0 Å². The third-order valence-corrected chi connectivity index (χ3v) is 1.66. The molecule has 1 aliphatic heterocycles. The van der Waals surface area contributed by atoms with Crippen molar-refractivity contribution in [2.75, 3.05) is 6.54 Å². The van der Waals surface area contributed by atoms with Crippen LogP contribution in [0, 0.1) is 5.92 Å². The maximum atomic E-state index is 10.2. The van der Waals surface area contributed by atoms with Gasteiger partial charge in [-0.1, -0.05) is 6.92 Å². The molecule has 3 heteroatoms. The first-order valence-corrected chi connectivity index (χ1v) is 2.78. The standard InChI is InChI=1S/C5H9NO2/c1-3-2-6-4(3)5(7)8/h3-4,6H,2H2,1H3,(H,7,8)/p+1/t3-,4-/m0/s1. The van der Waals surface area contributed by atoms with E-state index >= 15 is 0 Å². The summed E-state index contributed by atoms with van der Waals surface area (Å²) in [5.41, 5.74) is 0. The van der Waals surface area contributed by atoms with Gasteiger partial charge in [0.15, 0.2) is 6.04 Å². The van der Waals surface area contributed by atoms with Crippen LogP contribution in [0.1, 0.15) is 6.92 Å². The maximum absolute atomic E-state index is 10.2. The minimum absolute atomic E-state index is 0.157. The van der Waals surface area contributed by atoms with Crippen molar-refractivity contribution in [1.82, 2.24) is 0 Å². The van der Waals surface area contributed by atoms with Gasteiger partial charge < -0.3 is 10.4 Å². The van der Waals surface area contributed by atoms with Crippen LogP contribution in [-0.4, -0.2) is 23.7 Å². The average molecular weight is 116 g/mol. The second-order valence-corrected chi connectivity index (χ2v) is 2.31. The molecule has 2 atom stereocenters. The SMILES string of the molecule is C[C@H]1C[NH2+][C@@H]1C(=O)O. The van der Waals surface area contributed by atoms with Gasteiger partial charge >= 0.3 is 5.97 Å². The van der Waals surface area contributed by atoms with E-state index in [1.807, 2.05) is 12.2 Å². The van der Waals surface area contributed by atoms with Crippen molar-refractivity contribution >= 4 is 5.97 Å². The molecule has 0 amide bonds. The summed E-state index contributed by atoms with van der Waals surface area (Å²) in [5.74, 6) is -0.309. The van der Waals surface area contributed by atoms with E-state index in [0.717, 1.165) is 6.54 Å². The summed E-state index contributed by atoms with van der Waals surface area (Å²) < 4.78 is 0. The third-order valence-electron chi connectivity index (χ3n) is 1.66. The van der Waals surface area contributed by atoms with Gasteiger partial charge in [0.25, 0.3) is 0 Å². The topological polar surface area (TPSA) is 53.9 Å². The Bertz CT molecular complexity index is 113. The molecule has 8 heavy (non-hydrogen) atoms. The molecule has 0 aromatic heterocycles. The molecule has 0 saturated carbocycles. The van der Waals surface area contributed by atoms with Crippen LogP contribution in [0.15, 0.2) is 0 Å². The lowest BCUT2D eigenvalue weighted by molar-refractivity contribution is -0.747. The summed E-state index contributed by atoms with van der Waals surface area (Å²) in [7, 11) is 0. The molecule has 46 valence electrons. The Morgan fingerprint density at radius 2 is 2.50 bits per heavy atom. The molecule has 0 spiro atoms. The number of nitrogens with two attached hydrogens (primary N) is 1. The second kappa shape index (κ2) is 1.74. The van der Waals surface area contributed by atoms with Crippen molar-refractivity contribution in [1.29, 1.82) is 0 Å². The largest absolute Gasteiger partial charge is 0.477 e. The van der Waals surface area contributed by atoms with E-state index < -0.39 is 5.97 Å². The second-order valence-electron chi connectivity index (χ2n) is 2.31. The normalized spacial score (nSPS) is 36.1. The lowest BCUT2D eigenvalue weighted by Crippen LogP contribution is -3.03. The van der Waals surface area contributed by atoms with Crippen molar-refractivity contribution in [2.24, 2.45) is 5.92 Å². The highest BCUT2D eigenvalue weighted by molar-refractivity contribution is 5.72. The highest BCUT2D eigenvalue weighted by Gasteiger charge is 2.37. The van der Waals surface area contributed by atoms with Crippen LogP contribution in [0.3, 0.4) is 0 Å². The Morgan fingerprint density at radius 1 is 1.88 bits per heavy atom. The summed E-state index contributed by atoms with van der Waals surface area (Å²) in [5, 5.41) is 10.2. The van der Waals surface area contributed by atoms with Gasteiger partial charge in [-0.2, -0.15) is 0 Å². The number of hydrogen-bond acceptors (Lipinski definition) is 1. The van der Waals surface area contributed by atoms with Gasteiger partial charge in [-0.25, -0.2) is 4.79 Å².